The smallest absolute Gasteiger partial charge is 0.772 e. The summed E-state index contributed by atoms with van der Waals surface area (Å²) in [6.07, 6.45) is -5.31. The zero-order valence-electron chi connectivity index (χ0n) is 6.85. The molecule has 12 heavy (non-hydrogen) atoms. The van der Waals surface area contributed by atoms with Crippen molar-refractivity contribution in [3.8, 4) is 0 Å². The Morgan fingerprint density at radius 2 is 1.92 bits per heavy atom. The fraction of sp³-hybridized carbons (Fsp3) is 1.00. The molecular formula is C5H8F3NaO2S. The van der Waals surface area contributed by atoms with Crippen LogP contribution in [0.15, 0.2) is 0 Å². The van der Waals surface area contributed by atoms with Gasteiger partial charge < -0.3 is 4.55 Å². The summed E-state index contributed by atoms with van der Waals surface area (Å²) in [6.45, 7) is 1.25. The van der Waals surface area contributed by atoms with Gasteiger partial charge in [0.05, 0.1) is 0 Å². The quantitative estimate of drug-likeness (QED) is 0.420. The summed E-state index contributed by atoms with van der Waals surface area (Å²) in [4.78, 5) is 0. The van der Waals surface area contributed by atoms with Crippen molar-refractivity contribution in [3.05, 3.63) is 0 Å². The number of alkyl halides is 3. The summed E-state index contributed by atoms with van der Waals surface area (Å²) < 4.78 is 54.5. The van der Waals surface area contributed by atoms with Crippen LogP contribution in [0.1, 0.15) is 13.3 Å². The molecule has 0 aliphatic rings. The van der Waals surface area contributed by atoms with E-state index < -0.39 is 35.3 Å². The number of halogens is 3. The Morgan fingerprint density at radius 1 is 1.50 bits per heavy atom. The zero-order valence-corrected chi connectivity index (χ0v) is 9.67. The van der Waals surface area contributed by atoms with Gasteiger partial charge in [0.2, 0.25) is 0 Å². The molecule has 0 saturated heterocycles. The summed E-state index contributed by atoms with van der Waals surface area (Å²) in [5.41, 5.74) is 0. The molecule has 0 aromatic rings. The predicted octanol–water partition coefficient (Wildman–Crippen LogP) is -1.54. The minimum absolute atomic E-state index is 0. The van der Waals surface area contributed by atoms with E-state index in [9.17, 15) is 21.9 Å². The second-order valence-electron chi connectivity index (χ2n) is 2.39. The van der Waals surface area contributed by atoms with Crippen LogP contribution in [0, 0.1) is 5.92 Å². The third-order valence-electron chi connectivity index (χ3n) is 1.00. The Kier molecular flexibility index (Phi) is 8.16. The van der Waals surface area contributed by atoms with Crippen molar-refractivity contribution in [2.24, 2.45) is 5.92 Å². The maximum atomic E-state index is 11.6. The molecule has 2 nitrogen and oxygen atoms in total. The molecule has 0 aliphatic heterocycles. The van der Waals surface area contributed by atoms with Gasteiger partial charge in [0, 0.05) is 12.2 Å². The zero-order chi connectivity index (χ0) is 9.07. The van der Waals surface area contributed by atoms with Crippen LogP contribution in [0.5, 0.6) is 0 Å². The Bertz CT molecular complexity index is 150. The van der Waals surface area contributed by atoms with E-state index >= 15 is 0 Å². The van der Waals surface area contributed by atoms with Crippen LogP contribution in [-0.2, 0) is 11.1 Å². The van der Waals surface area contributed by atoms with Crippen molar-refractivity contribution < 1.29 is 51.5 Å². The molecular weight excluding hydrogens is 204 g/mol. The SMILES string of the molecule is CC(CS(=O)[O-])CC(F)(F)F.[Na+]. The van der Waals surface area contributed by atoms with Crippen LogP contribution >= 0.6 is 0 Å². The molecule has 0 amide bonds. The fourth-order valence-corrected chi connectivity index (χ4v) is 1.27. The first-order chi connectivity index (χ1) is 4.81. The number of hydrogen-bond donors (Lipinski definition) is 0. The summed E-state index contributed by atoms with van der Waals surface area (Å²) >= 11 is -2.38. The van der Waals surface area contributed by atoms with Crippen LogP contribution in [0.2, 0.25) is 0 Å². The Balaban J connectivity index is 0. The fourth-order valence-electron chi connectivity index (χ4n) is 0.686. The van der Waals surface area contributed by atoms with Gasteiger partial charge in [0.15, 0.2) is 0 Å². The van der Waals surface area contributed by atoms with E-state index in [1.54, 1.807) is 0 Å². The van der Waals surface area contributed by atoms with E-state index in [0.29, 0.717) is 0 Å². The van der Waals surface area contributed by atoms with Gasteiger partial charge in [-0.2, -0.15) is 13.2 Å². The van der Waals surface area contributed by atoms with E-state index in [0.717, 1.165) is 0 Å². The largest absolute Gasteiger partial charge is 1.00 e. The van der Waals surface area contributed by atoms with Crippen LogP contribution in [0.25, 0.3) is 0 Å². The molecule has 0 aromatic carbocycles. The molecule has 68 valence electrons. The van der Waals surface area contributed by atoms with Crippen molar-refractivity contribution in [2.75, 3.05) is 5.75 Å². The molecule has 2 unspecified atom stereocenters. The first kappa shape index (κ1) is 15.4. The van der Waals surface area contributed by atoms with Gasteiger partial charge >= 0.3 is 35.7 Å². The van der Waals surface area contributed by atoms with Crippen molar-refractivity contribution in [1.29, 1.82) is 0 Å². The molecule has 0 rings (SSSR count). The van der Waals surface area contributed by atoms with Gasteiger partial charge in [-0.15, -0.1) is 0 Å². The summed E-state index contributed by atoms with van der Waals surface area (Å²) in [7, 11) is 0. The first-order valence-electron chi connectivity index (χ1n) is 2.94. The van der Waals surface area contributed by atoms with E-state index in [4.69, 9.17) is 0 Å². The van der Waals surface area contributed by atoms with Crippen molar-refractivity contribution in [1.82, 2.24) is 0 Å². The molecule has 0 N–H and O–H groups in total. The van der Waals surface area contributed by atoms with E-state index in [1.165, 1.54) is 6.92 Å². The average Bonchev–Trinajstić information content (AvgIpc) is 1.53. The van der Waals surface area contributed by atoms with Gasteiger partial charge in [0.25, 0.3) is 0 Å². The van der Waals surface area contributed by atoms with Crippen LogP contribution < -0.4 is 29.6 Å². The molecule has 0 aromatic heterocycles. The Labute approximate surface area is 93.5 Å². The third kappa shape index (κ3) is 10.9. The third-order valence-corrected chi connectivity index (χ3v) is 1.84. The van der Waals surface area contributed by atoms with Crippen molar-refractivity contribution in [2.45, 2.75) is 19.5 Å². The van der Waals surface area contributed by atoms with E-state index in [-0.39, 0.29) is 29.6 Å². The van der Waals surface area contributed by atoms with Gasteiger partial charge in [-0.25, -0.2) is 0 Å². The Hall–Kier alpha value is 0.900. The van der Waals surface area contributed by atoms with Gasteiger partial charge in [0.1, 0.15) is 0 Å². The summed E-state index contributed by atoms with van der Waals surface area (Å²) in [5, 5.41) is 0. The van der Waals surface area contributed by atoms with E-state index in [2.05, 4.69) is 0 Å². The maximum absolute atomic E-state index is 11.6. The number of hydrogen-bond acceptors (Lipinski definition) is 2. The monoisotopic (exact) mass is 212 g/mol. The van der Waals surface area contributed by atoms with Crippen molar-refractivity contribution in [3.63, 3.8) is 0 Å². The number of rotatable bonds is 3. The van der Waals surface area contributed by atoms with Crippen molar-refractivity contribution >= 4 is 11.1 Å². The summed E-state index contributed by atoms with van der Waals surface area (Å²) in [5.74, 6) is -1.28. The van der Waals surface area contributed by atoms with Gasteiger partial charge in [-0.1, -0.05) is 18.0 Å². The van der Waals surface area contributed by atoms with Crippen LogP contribution in [-0.4, -0.2) is 20.7 Å². The predicted molar refractivity (Wildman–Crippen MR) is 33.6 cm³/mol. The second kappa shape index (κ2) is 6.37. The molecule has 0 heterocycles. The first-order valence-corrected chi connectivity index (χ1v) is 4.18. The standard InChI is InChI=1S/C5H9F3O2S.Na/c1-4(3-11(9)10)2-5(6,7)8;/h4H,2-3H2,1H3,(H,9,10);/q;+1/p-1. The second-order valence-corrected chi connectivity index (χ2v) is 3.34. The molecule has 0 saturated carbocycles. The van der Waals surface area contributed by atoms with Gasteiger partial charge in [-0.05, 0) is 5.92 Å². The van der Waals surface area contributed by atoms with Crippen LogP contribution in [0.3, 0.4) is 0 Å². The molecule has 0 radical (unpaired) electrons. The molecule has 7 heteroatoms. The summed E-state index contributed by atoms with van der Waals surface area (Å²) in [6, 6.07) is 0. The molecule has 0 bridgehead atoms. The average molecular weight is 212 g/mol. The Morgan fingerprint density at radius 3 is 2.17 bits per heavy atom. The molecule has 0 aliphatic carbocycles. The maximum Gasteiger partial charge on any atom is 1.00 e. The topological polar surface area (TPSA) is 40.1 Å². The van der Waals surface area contributed by atoms with Crippen LogP contribution in [0.4, 0.5) is 13.2 Å². The minimum Gasteiger partial charge on any atom is -0.772 e. The molecule has 2 atom stereocenters. The molecule has 0 spiro atoms. The van der Waals surface area contributed by atoms with E-state index in [1.807, 2.05) is 0 Å². The van der Waals surface area contributed by atoms with Gasteiger partial charge in [-0.3, -0.25) is 4.21 Å². The normalized spacial score (nSPS) is 16.4. The minimum atomic E-state index is -4.27. The molecule has 0 fully saturated rings.